The first kappa shape index (κ1) is 17.6. The molecule has 1 aliphatic heterocycles. The van der Waals surface area contributed by atoms with Crippen LogP contribution in [0.15, 0.2) is 36.4 Å². The molecular weight excluding hydrogens is 366 g/mol. The van der Waals surface area contributed by atoms with Gasteiger partial charge < -0.3 is 4.90 Å². The van der Waals surface area contributed by atoms with Crippen molar-refractivity contribution in [2.45, 2.75) is 39.0 Å². The Bertz CT molecular complexity index is 1100. The van der Waals surface area contributed by atoms with Gasteiger partial charge >= 0.3 is 0 Å². The van der Waals surface area contributed by atoms with Crippen LogP contribution >= 0.6 is 11.3 Å². The van der Waals surface area contributed by atoms with E-state index in [0.29, 0.717) is 12.5 Å². The maximum atomic E-state index is 13.2. The van der Waals surface area contributed by atoms with Crippen molar-refractivity contribution in [1.29, 1.82) is 0 Å². The SMILES string of the molecule is Cc1nc(C2CC2)nc2sc(C(=O)N3CC=C(c4ccccc4)CC3)c(C)c12. The lowest BCUT2D eigenvalue weighted by molar-refractivity contribution is 0.0777. The molecule has 5 heteroatoms. The van der Waals surface area contributed by atoms with E-state index in [9.17, 15) is 4.79 Å². The van der Waals surface area contributed by atoms with Gasteiger partial charge in [0.1, 0.15) is 10.7 Å². The third-order valence-electron chi connectivity index (χ3n) is 5.77. The maximum absolute atomic E-state index is 13.2. The van der Waals surface area contributed by atoms with Crippen LogP contribution in [0.3, 0.4) is 0 Å². The standard InChI is InChI=1S/C23H23N3OS/c1-14-19-15(2)24-21(18-8-9-18)25-22(19)28-20(14)23(27)26-12-10-17(11-13-26)16-6-4-3-5-7-16/h3-7,10,18H,8-9,11-13H2,1-2H3. The molecule has 0 spiro atoms. The second-order valence-corrected chi connectivity index (χ2v) is 8.77. The Balaban J connectivity index is 1.43. The van der Waals surface area contributed by atoms with Gasteiger partial charge in [0.05, 0.1) is 10.6 Å². The molecule has 142 valence electrons. The number of thiophene rings is 1. The van der Waals surface area contributed by atoms with Crippen molar-refractivity contribution in [2.75, 3.05) is 13.1 Å². The molecule has 0 bridgehead atoms. The minimum absolute atomic E-state index is 0.122. The predicted octanol–water partition coefficient (Wildman–Crippen LogP) is 5.12. The van der Waals surface area contributed by atoms with Crippen molar-refractivity contribution >= 4 is 33.0 Å². The fraction of sp³-hybridized carbons (Fsp3) is 0.348. The Morgan fingerprint density at radius 3 is 2.61 bits per heavy atom. The van der Waals surface area contributed by atoms with Crippen LogP contribution in [0.1, 0.15) is 57.5 Å². The van der Waals surface area contributed by atoms with Crippen molar-refractivity contribution in [3.05, 3.63) is 63.9 Å². The quantitative estimate of drug-likeness (QED) is 0.625. The molecule has 4 nitrogen and oxygen atoms in total. The number of fused-ring (bicyclic) bond motifs is 1. The second kappa shape index (κ2) is 6.82. The largest absolute Gasteiger partial charge is 0.334 e. The smallest absolute Gasteiger partial charge is 0.264 e. The lowest BCUT2D eigenvalue weighted by Gasteiger charge is -2.26. The van der Waals surface area contributed by atoms with E-state index < -0.39 is 0 Å². The fourth-order valence-corrected chi connectivity index (χ4v) is 5.21. The zero-order valence-electron chi connectivity index (χ0n) is 16.2. The molecule has 1 aromatic carbocycles. The van der Waals surface area contributed by atoms with Crippen LogP contribution in [-0.2, 0) is 0 Å². The summed E-state index contributed by atoms with van der Waals surface area (Å²) < 4.78 is 0. The van der Waals surface area contributed by atoms with Gasteiger partial charge in [-0.3, -0.25) is 4.79 Å². The Morgan fingerprint density at radius 1 is 1.14 bits per heavy atom. The average Bonchev–Trinajstić information content (AvgIpc) is 3.52. The summed E-state index contributed by atoms with van der Waals surface area (Å²) in [4.78, 5) is 26.5. The number of amides is 1. The summed E-state index contributed by atoms with van der Waals surface area (Å²) in [7, 11) is 0. The number of carbonyl (C=O) groups is 1. The summed E-state index contributed by atoms with van der Waals surface area (Å²) in [6, 6.07) is 10.4. The van der Waals surface area contributed by atoms with Gasteiger partial charge in [-0.25, -0.2) is 9.97 Å². The number of aromatic nitrogens is 2. The molecule has 1 amide bonds. The molecule has 0 saturated heterocycles. The Labute approximate surface area is 168 Å². The van der Waals surface area contributed by atoms with Gasteiger partial charge in [-0.15, -0.1) is 11.3 Å². The van der Waals surface area contributed by atoms with E-state index >= 15 is 0 Å². The highest BCUT2D eigenvalue weighted by molar-refractivity contribution is 7.20. The Morgan fingerprint density at radius 2 is 1.93 bits per heavy atom. The molecule has 2 aromatic heterocycles. The zero-order chi connectivity index (χ0) is 19.3. The number of aryl methyl sites for hydroxylation is 2. The van der Waals surface area contributed by atoms with E-state index in [1.807, 2.05) is 24.8 Å². The summed E-state index contributed by atoms with van der Waals surface area (Å²) in [5.41, 5.74) is 4.62. The predicted molar refractivity (Wildman–Crippen MR) is 114 cm³/mol. The highest BCUT2D eigenvalue weighted by Gasteiger charge is 2.29. The molecule has 1 saturated carbocycles. The van der Waals surface area contributed by atoms with Gasteiger partial charge in [0.15, 0.2) is 0 Å². The lowest BCUT2D eigenvalue weighted by Crippen LogP contribution is -2.34. The molecule has 1 aliphatic carbocycles. The van der Waals surface area contributed by atoms with Crippen molar-refractivity contribution in [1.82, 2.24) is 14.9 Å². The number of hydrogen-bond donors (Lipinski definition) is 0. The van der Waals surface area contributed by atoms with E-state index in [2.05, 4.69) is 30.3 Å². The van der Waals surface area contributed by atoms with Crippen molar-refractivity contribution in [3.8, 4) is 0 Å². The van der Waals surface area contributed by atoms with Crippen LogP contribution in [0.4, 0.5) is 0 Å². The Kier molecular flexibility index (Phi) is 4.27. The monoisotopic (exact) mass is 389 g/mol. The van der Waals surface area contributed by atoms with Crippen LogP contribution in [0.25, 0.3) is 15.8 Å². The third kappa shape index (κ3) is 3.04. The number of rotatable bonds is 3. The first-order valence-electron chi connectivity index (χ1n) is 9.93. The molecule has 28 heavy (non-hydrogen) atoms. The van der Waals surface area contributed by atoms with E-state index in [0.717, 1.165) is 45.1 Å². The number of nitrogens with zero attached hydrogens (tertiary/aromatic N) is 3. The first-order chi connectivity index (χ1) is 13.6. The summed E-state index contributed by atoms with van der Waals surface area (Å²) in [5, 5.41) is 1.07. The molecule has 0 radical (unpaired) electrons. The molecule has 0 unspecified atom stereocenters. The minimum Gasteiger partial charge on any atom is -0.334 e. The van der Waals surface area contributed by atoms with Gasteiger partial charge in [-0.2, -0.15) is 0 Å². The van der Waals surface area contributed by atoms with Crippen LogP contribution in [0.5, 0.6) is 0 Å². The summed E-state index contributed by atoms with van der Waals surface area (Å²) >= 11 is 1.53. The third-order valence-corrected chi connectivity index (χ3v) is 6.94. The maximum Gasteiger partial charge on any atom is 0.264 e. The summed E-state index contributed by atoms with van der Waals surface area (Å²) in [6.45, 7) is 5.49. The van der Waals surface area contributed by atoms with Crippen LogP contribution in [-0.4, -0.2) is 33.9 Å². The molecule has 0 atom stereocenters. The van der Waals surface area contributed by atoms with Gasteiger partial charge in [0.2, 0.25) is 0 Å². The van der Waals surface area contributed by atoms with Crippen LogP contribution in [0, 0.1) is 13.8 Å². The van der Waals surface area contributed by atoms with Crippen LogP contribution in [0.2, 0.25) is 0 Å². The van der Waals surface area contributed by atoms with Gasteiger partial charge in [-0.1, -0.05) is 36.4 Å². The van der Waals surface area contributed by atoms with Gasteiger partial charge in [-0.05, 0) is 49.8 Å². The molecule has 3 aromatic rings. The van der Waals surface area contributed by atoms with Crippen molar-refractivity contribution < 1.29 is 4.79 Å². The van der Waals surface area contributed by atoms with E-state index in [1.54, 1.807) is 0 Å². The molecule has 0 N–H and O–H groups in total. The van der Waals surface area contributed by atoms with Gasteiger partial charge in [0.25, 0.3) is 5.91 Å². The number of carbonyl (C=O) groups excluding carboxylic acids is 1. The lowest BCUT2D eigenvalue weighted by atomic mass is 9.99. The van der Waals surface area contributed by atoms with Gasteiger partial charge in [0, 0.05) is 24.4 Å². The van der Waals surface area contributed by atoms with E-state index in [-0.39, 0.29) is 5.91 Å². The Hall–Kier alpha value is -2.53. The topological polar surface area (TPSA) is 46.1 Å². The average molecular weight is 390 g/mol. The first-order valence-corrected chi connectivity index (χ1v) is 10.7. The second-order valence-electron chi connectivity index (χ2n) is 7.77. The molecule has 2 aliphatic rings. The van der Waals surface area contributed by atoms with Crippen molar-refractivity contribution in [2.24, 2.45) is 0 Å². The zero-order valence-corrected chi connectivity index (χ0v) is 17.1. The molecule has 1 fully saturated rings. The van der Waals surface area contributed by atoms with Crippen molar-refractivity contribution in [3.63, 3.8) is 0 Å². The van der Waals surface area contributed by atoms with E-state index in [1.165, 1.54) is 35.3 Å². The molecular formula is C23H23N3OS. The fourth-order valence-electron chi connectivity index (χ4n) is 4.00. The summed E-state index contributed by atoms with van der Waals surface area (Å²) in [5.74, 6) is 1.60. The molecule has 3 heterocycles. The normalized spacial score (nSPS) is 17.1. The molecule has 5 rings (SSSR count). The minimum atomic E-state index is 0.122. The van der Waals surface area contributed by atoms with E-state index in [4.69, 9.17) is 9.97 Å². The van der Waals surface area contributed by atoms with Crippen LogP contribution < -0.4 is 0 Å². The highest BCUT2D eigenvalue weighted by atomic mass is 32.1. The number of benzene rings is 1. The number of hydrogen-bond acceptors (Lipinski definition) is 4. The summed E-state index contributed by atoms with van der Waals surface area (Å²) in [6.07, 6.45) is 5.45. The highest BCUT2D eigenvalue weighted by Crippen LogP contribution is 2.40.